The van der Waals surface area contributed by atoms with Crippen molar-refractivity contribution in [3.05, 3.63) is 68.2 Å². The molecule has 12 heteroatoms. The number of nitrogens with one attached hydrogen (secondary N) is 1. The van der Waals surface area contributed by atoms with E-state index >= 15 is 0 Å². The Balaban J connectivity index is 1.80. The lowest BCUT2D eigenvalue weighted by Crippen LogP contribution is -2.16. The molecule has 0 bridgehead atoms. The predicted molar refractivity (Wildman–Crippen MR) is 112 cm³/mol. The molecule has 0 aliphatic carbocycles. The molecule has 0 atom stereocenters. The smallest absolute Gasteiger partial charge is 0.416 e. The number of benzene rings is 2. The Labute approximate surface area is 190 Å². The Morgan fingerprint density at radius 3 is 2.45 bits per heavy atom. The predicted octanol–water partition coefficient (Wildman–Crippen LogP) is 5.11. The molecule has 176 valence electrons. The van der Waals surface area contributed by atoms with Crippen LogP contribution in [0.3, 0.4) is 0 Å². The van der Waals surface area contributed by atoms with E-state index in [9.17, 15) is 37.7 Å². The normalized spacial score (nSPS) is 11.1. The monoisotopic (exact) mass is 486 g/mol. The van der Waals surface area contributed by atoms with Crippen LogP contribution in [0, 0.1) is 17.0 Å². The van der Waals surface area contributed by atoms with E-state index in [0.29, 0.717) is 11.6 Å². The van der Waals surface area contributed by atoms with Crippen molar-refractivity contribution in [3.8, 4) is 0 Å². The summed E-state index contributed by atoms with van der Waals surface area (Å²) in [5, 5.41) is 13.1. The Hall–Kier alpha value is -3.47. The molecule has 1 amide bonds. The third-order valence-corrected chi connectivity index (χ3v) is 4.77. The van der Waals surface area contributed by atoms with E-state index in [0.717, 1.165) is 18.2 Å². The summed E-state index contributed by atoms with van der Waals surface area (Å²) in [7, 11) is 0. The number of anilines is 1. The molecule has 0 radical (unpaired) electrons. The van der Waals surface area contributed by atoms with Crippen LogP contribution in [0.15, 0.2) is 36.4 Å². The molecule has 0 saturated carbocycles. The molecule has 8 nitrogen and oxygen atoms in total. The van der Waals surface area contributed by atoms with Crippen LogP contribution in [-0.2, 0) is 20.5 Å². The molecule has 0 spiro atoms. The van der Waals surface area contributed by atoms with Crippen LogP contribution in [0.1, 0.15) is 40.7 Å². The number of nitro benzene ring substituents is 1. The molecule has 0 saturated heterocycles. The highest BCUT2D eigenvalue weighted by atomic mass is 35.5. The molecule has 0 aliphatic heterocycles. The Bertz CT molecular complexity index is 1090. The van der Waals surface area contributed by atoms with Gasteiger partial charge in [-0.3, -0.25) is 24.5 Å². The number of amides is 1. The summed E-state index contributed by atoms with van der Waals surface area (Å²) in [6.45, 7) is 0.884. The summed E-state index contributed by atoms with van der Waals surface area (Å²) >= 11 is 5.81. The molecule has 0 aliphatic rings. The van der Waals surface area contributed by atoms with Crippen molar-refractivity contribution in [2.45, 2.75) is 32.4 Å². The number of alkyl halides is 3. The second-order valence-electron chi connectivity index (χ2n) is 6.94. The first-order chi connectivity index (χ1) is 15.4. The number of carbonyl (C=O) groups is 3. The molecular weight excluding hydrogens is 469 g/mol. The first-order valence-electron chi connectivity index (χ1n) is 9.49. The van der Waals surface area contributed by atoms with Crippen LogP contribution < -0.4 is 5.32 Å². The minimum Gasteiger partial charge on any atom is -0.457 e. The summed E-state index contributed by atoms with van der Waals surface area (Å²) < 4.78 is 43.2. The average Bonchev–Trinajstić information content (AvgIpc) is 2.72. The van der Waals surface area contributed by atoms with Gasteiger partial charge in [0, 0.05) is 30.0 Å². The molecule has 2 aromatic carbocycles. The lowest BCUT2D eigenvalue weighted by Gasteiger charge is -2.11. The van der Waals surface area contributed by atoms with Crippen molar-refractivity contribution in [2.75, 3.05) is 11.9 Å². The third-order valence-electron chi connectivity index (χ3n) is 4.44. The van der Waals surface area contributed by atoms with Gasteiger partial charge in [-0.05, 0) is 31.5 Å². The number of carbonyl (C=O) groups excluding carboxylic acids is 3. The number of halogens is 4. The topological polar surface area (TPSA) is 116 Å². The van der Waals surface area contributed by atoms with Gasteiger partial charge in [0.05, 0.1) is 21.2 Å². The fourth-order valence-electron chi connectivity index (χ4n) is 2.68. The lowest BCUT2D eigenvalue weighted by atomic mass is 10.1. The number of nitro groups is 1. The van der Waals surface area contributed by atoms with E-state index in [4.69, 9.17) is 16.3 Å². The zero-order valence-corrected chi connectivity index (χ0v) is 18.0. The van der Waals surface area contributed by atoms with Crippen molar-refractivity contribution >= 4 is 40.6 Å². The van der Waals surface area contributed by atoms with Gasteiger partial charge in [0.1, 0.15) is 0 Å². The molecule has 33 heavy (non-hydrogen) atoms. The van der Waals surface area contributed by atoms with Gasteiger partial charge in [-0.15, -0.1) is 0 Å². The van der Waals surface area contributed by atoms with Crippen molar-refractivity contribution in [2.24, 2.45) is 0 Å². The largest absolute Gasteiger partial charge is 0.457 e. The van der Waals surface area contributed by atoms with Gasteiger partial charge in [-0.2, -0.15) is 13.2 Å². The minimum absolute atomic E-state index is 0.00540. The van der Waals surface area contributed by atoms with Gasteiger partial charge in [-0.1, -0.05) is 23.7 Å². The number of esters is 1. The minimum atomic E-state index is -4.60. The van der Waals surface area contributed by atoms with E-state index < -0.39 is 40.9 Å². The summed E-state index contributed by atoms with van der Waals surface area (Å²) in [5.41, 5.74) is -1.04. The Morgan fingerprint density at radius 1 is 1.12 bits per heavy atom. The number of hydrogen-bond donors (Lipinski definition) is 1. The number of hydrogen-bond acceptors (Lipinski definition) is 6. The van der Waals surface area contributed by atoms with Gasteiger partial charge in [0.15, 0.2) is 6.61 Å². The van der Waals surface area contributed by atoms with Gasteiger partial charge >= 0.3 is 12.1 Å². The van der Waals surface area contributed by atoms with Crippen LogP contribution in [0.2, 0.25) is 5.02 Å². The van der Waals surface area contributed by atoms with Crippen LogP contribution in [-0.4, -0.2) is 29.2 Å². The van der Waals surface area contributed by atoms with Gasteiger partial charge in [0.2, 0.25) is 11.7 Å². The Morgan fingerprint density at radius 2 is 1.82 bits per heavy atom. The van der Waals surface area contributed by atoms with Crippen molar-refractivity contribution in [3.63, 3.8) is 0 Å². The summed E-state index contributed by atoms with van der Waals surface area (Å²) in [5.74, 6) is -2.08. The van der Waals surface area contributed by atoms with Crippen molar-refractivity contribution in [1.29, 1.82) is 0 Å². The summed E-state index contributed by atoms with van der Waals surface area (Å²) in [6, 6.07) is 6.37. The van der Waals surface area contributed by atoms with E-state index in [-0.39, 0.29) is 41.2 Å². The molecule has 0 fully saturated rings. The quantitative estimate of drug-likeness (QED) is 0.228. The van der Waals surface area contributed by atoms with Crippen molar-refractivity contribution < 1.29 is 37.2 Å². The number of aryl methyl sites for hydroxylation is 1. The maximum absolute atomic E-state index is 12.8. The van der Waals surface area contributed by atoms with Crippen LogP contribution in [0.5, 0.6) is 0 Å². The maximum Gasteiger partial charge on any atom is 0.416 e. The fraction of sp³-hybridized carbons (Fsp3) is 0.286. The van der Waals surface area contributed by atoms with Crippen LogP contribution in [0.25, 0.3) is 0 Å². The number of ether oxygens (including phenoxy) is 1. The zero-order chi connectivity index (χ0) is 24.8. The standard InChI is InChI=1S/C21H18ClF3N2O6/c1-12-5-6-13(9-17(12)27(31)32)18(28)11-33-20(30)4-2-3-19(29)26-16-10-14(21(23,24)25)7-8-15(16)22/h5-10H,2-4,11H2,1H3,(H,26,29). The molecule has 2 rings (SSSR count). The number of Topliss-reactive ketones (excluding diaryl/α,β-unsaturated/α-hetero) is 1. The highest BCUT2D eigenvalue weighted by molar-refractivity contribution is 6.33. The summed E-state index contributed by atoms with van der Waals surface area (Å²) in [6.07, 6.45) is -5.04. The molecule has 2 aromatic rings. The molecular formula is C21H18ClF3N2O6. The Kier molecular flexibility index (Phi) is 8.52. The number of nitrogens with zero attached hydrogens (tertiary/aromatic N) is 1. The molecule has 0 aromatic heterocycles. The second-order valence-corrected chi connectivity index (χ2v) is 7.34. The zero-order valence-electron chi connectivity index (χ0n) is 17.2. The molecule has 1 N–H and O–H groups in total. The number of rotatable bonds is 9. The van der Waals surface area contributed by atoms with E-state index in [1.54, 1.807) is 0 Å². The van der Waals surface area contributed by atoms with E-state index in [2.05, 4.69) is 5.32 Å². The van der Waals surface area contributed by atoms with Crippen LogP contribution >= 0.6 is 11.6 Å². The fourth-order valence-corrected chi connectivity index (χ4v) is 2.85. The van der Waals surface area contributed by atoms with E-state index in [1.807, 2.05) is 0 Å². The second kappa shape index (κ2) is 10.9. The SMILES string of the molecule is Cc1ccc(C(=O)COC(=O)CCCC(=O)Nc2cc(C(F)(F)F)ccc2Cl)cc1[N+](=O)[O-]. The first kappa shape index (κ1) is 25.8. The highest BCUT2D eigenvalue weighted by Gasteiger charge is 2.31. The average molecular weight is 487 g/mol. The van der Waals surface area contributed by atoms with Gasteiger partial charge in [0.25, 0.3) is 5.69 Å². The first-order valence-corrected chi connectivity index (χ1v) is 9.86. The number of ketones is 1. The van der Waals surface area contributed by atoms with Crippen molar-refractivity contribution in [1.82, 2.24) is 0 Å². The maximum atomic E-state index is 12.8. The summed E-state index contributed by atoms with van der Waals surface area (Å²) in [4.78, 5) is 46.2. The van der Waals surface area contributed by atoms with Gasteiger partial charge in [-0.25, -0.2) is 0 Å². The van der Waals surface area contributed by atoms with Gasteiger partial charge < -0.3 is 10.1 Å². The molecule has 0 heterocycles. The van der Waals surface area contributed by atoms with E-state index in [1.165, 1.54) is 19.1 Å². The lowest BCUT2D eigenvalue weighted by molar-refractivity contribution is -0.385. The highest BCUT2D eigenvalue weighted by Crippen LogP contribution is 2.33. The molecule has 0 unspecified atom stereocenters. The van der Waals surface area contributed by atoms with Crippen LogP contribution in [0.4, 0.5) is 24.5 Å². The third kappa shape index (κ3) is 7.56.